The zero-order chi connectivity index (χ0) is 15.2. The molecule has 0 radical (unpaired) electrons. The smallest absolute Gasteiger partial charge is 0.305 e. The number of methoxy groups -OCH3 is 2. The van der Waals surface area contributed by atoms with E-state index in [1.807, 2.05) is 0 Å². The highest BCUT2D eigenvalue weighted by atomic mass is 16.5. The minimum Gasteiger partial charge on any atom is -0.481 e. The van der Waals surface area contributed by atoms with E-state index in [4.69, 9.17) is 14.6 Å². The lowest BCUT2D eigenvalue weighted by atomic mass is 10.5. The molecule has 0 saturated heterocycles. The minimum absolute atomic E-state index is 0.0592. The number of hydrogen-bond acceptors (Lipinski definition) is 6. The molecule has 0 spiro atoms. The Morgan fingerprint density at radius 3 is 2.35 bits per heavy atom. The van der Waals surface area contributed by atoms with E-state index < -0.39 is 5.97 Å². The van der Waals surface area contributed by atoms with E-state index in [2.05, 4.69) is 34.0 Å². The fraction of sp³-hybridized carbons (Fsp3) is 0.769. The maximum Gasteiger partial charge on any atom is 0.305 e. The van der Waals surface area contributed by atoms with Gasteiger partial charge in [-0.15, -0.1) is 0 Å². The number of rotatable bonds is 9. The number of nitrogens with zero attached hydrogens (tertiary/aromatic N) is 2. The van der Waals surface area contributed by atoms with Crippen LogP contribution in [-0.2, 0) is 19.0 Å². The van der Waals surface area contributed by atoms with Crippen LogP contribution in [0.2, 0.25) is 0 Å². The van der Waals surface area contributed by atoms with Gasteiger partial charge in [0.05, 0.1) is 39.5 Å². The Bertz CT molecular complexity index is 273. The van der Waals surface area contributed by atoms with Crippen molar-refractivity contribution < 1.29 is 24.1 Å². The summed E-state index contributed by atoms with van der Waals surface area (Å²) < 4.78 is 14.5. The molecule has 0 amide bonds. The molecule has 0 bridgehead atoms. The normalized spacial score (nSPS) is 13.3. The van der Waals surface area contributed by atoms with Gasteiger partial charge >= 0.3 is 5.97 Å². The third-order valence-electron chi connectivity index (χ3n) is 2.41. The van der Waals surface area contributed by atoms with Gasteiger partial charge in [-0.1, -0.05) is 0 Å². The van der Waals surface area contributed by atoms with Crippen LogP contribution in [0.25, 0.3) is 0 Å². The van der Waals surface area contributed by atoms with E-state index in [1.165, 1.54) is 0 Å². The lowest BCUT2D eigenvalue weighted by molar-refractivity contribution is -0.138. The first-order chi connectivity index (χ1) is 9.60. The minimum atomic E-state index is -0.836. The van der Waals surface area contributed by atoms with Gasteiger partial charge in [-0.25, -0.2) is 0 Å². The largest absolute Gasteiger partial charge is 0.481 e. The molecule has 20 heavy (non-hydrogen) atoms. The Morgan fingerprint density at radius 2 is 1.85 bits per heavy atom. The summed E-state index contributed by atoms with van der Waals surface area (Å²) in [4.78, 5) is 14.3. The van der Waals surface area contributed by atoms with E-state index >= 15 is 0 Å². The summed E-state index contributed by atoms with van der Waals surface area (Å²) in [5, 5.41) is 8.16. The summed E-state index contributed by atoms with van der Waals surface area (Å²) in [5.74, 6) is -0.836. The van der Waals surface area contributed by atoms with Gasteiger partial charge in [-0.2, -0.15) is 0 Å². The number of carboxylic acids is 1. The van der Waals surface area contributed by atoms with E-state index in [0.29, 0.717) is 13.2 Å². The molecular weight excluding hydrogens is 264 g/mol. The van der Waals surface area contributed by atoms with Gasteiger partial charge in [0, 0.05) is 40.2 Å². The highest BCUT2D eigenvalue weighted by Crippen LogP contribution is 2.01. The van der Waals surface area contributed by atoms with Crippen LogP contribution in [-0.4, -0.2) is 81.8 Å². The molecule has 1 aliphatic heterocycles. The number of aliphatic carboxylic acids is 1. The highest BCUT2D eigenvalue weighted by molar-refractivity contribution is 5.66. The Hall–Kier alpha value is -1.31. The molecule has 0 aromatic rings. The van der Waals surface area contributed by atoms with Gasteiger partial charge in [0.1, 0.15) is 0 Å². The Morgan fingerprint density at radius 1 is 1.15 bits per heavy atom. The quantitative estimate of drug-likeness (QED) is 0.617. The lowest BCUT2D eigenvalue weighted by Gasteiger charge is -2.16. The van der Waals surface area contributed by atoms with Crippen molar-refractivity contribution in [2.24, 2.45) is 0 Å². The van der Waals surface area contributed by atoms with Gasteiger partial charge in [-0.3, -0.25) is 4.79 Å². The average Bonchev–Trinajstić information content (AvgIpc) is 2.82. The van der Waals surface area contributed by atoms with Gasteiger partial charge in [0.25, 0.3) is 0 Å². The second kappa shape index (κ2) is 12.7. The van der Waals surface area contributed by atoms with Crippen molar-refractivity contribution in [1.29, 1.82) is 0 Å². The highest BCUT2D eigenvalue weighted by Gasteiger charge is 2.06. The fourth-order valence-electron chi connectivity index (χ4n) is 1.35. The Labute approximate surface area is 120 Å². The first-order valence-electron chi connectivity index (χ1n) is 6.50. The molecule has 7 nitrogen and oxygen atoms in total. The molecule has 0 atom stereocenters. The first kappa shape index (κ1) is 18.7. The molecule has 0 aromatic carbocycles. The van der Waals surface area contributed by atoms with Gasteiger partial charge < -0.3 is 29.1 Å². The summed E-state index contributed by atoms with van der Waals surface area (Å²) >= 11 is 0. The van der Waals surface area contributed by atoms with E-state index in [1.54, 1.807) is 14.2 Å². The van der Waals surface area contributed by atoms with Crippen molar-refractivity contribution in [3.05, 3.63) is 12.4 Å². The molecule has 1 heterocycles. The summed E-state index contributed by atoms with van der Waals surface area (Å²) in [5.41, 5.74) is 0. The maximum absolute atomic E-state index is 9.92. The molecular formula is C13H26N2O5. The lowest BCUT2D eigenvalue weighted by Crippen LogP contribution is -2.25. The van der Waals surface area contributed by atoms with Crippen molar-refractivity contribution in [2.75, 3.05) is 60.9 Å². The summed E-state index contributed by atoms with van der Waals surface area (Å²) in [6.45, 7) is 4.01. The Balaban J connectivity index is 0.000000361. The van der Waals surface area contributed by atoms with Gasteiger partial charge in [0.2, 0.25) is 0 Å². The predicted molar refractivity (Wildman–Crippen MR) is 75.3 cm³/mol. The first-order valence-corrected chi connectivity index (χ1v) is 6.50. The van der Waals surface area contributed by atoms with Crippen LogP contribution >= 0.6 is 0 Å². The molecule has 1 aliphatic rings. The van der Waals surface area contributed by atoms with Crippen LogP contribution in [0.4, 0.5) is 0 Å². The van der Waals surface area contributed by atoms with Crippen LogP contribution in [0.1, 0.15) is 6.42 Å². The molecule has 7 heteroatoms. The zero-order valence-corrected chi connectivity index (χ0v) is 12.6. The topological polar surface area (TPSA) is 71.5 Å². The van der Waals surface area contributed by atoms with Crippen LogP contribution in [0.15, 0.2) is 12.4 Å². The van der Waals surface area contributed by atoms with Gasteiger partial charge in [-0.05, 0) is 0 Å². The van der Waals surface area contributed by atoms with Gasteiger partial charge in [0.15, 0.2) is 0 Å². The molecule has 0 unspecified atom stereocenters. The molecule has 1 rings (SSSR count). The molecule has 0 aromatic heterocycles. The van der Waals surface area contributed by atoms with Crippen LogP contribution in [0, 0.1) is 0 Å². The summed E-state index contributed by atoms with van der Waals surface area (Å²) in [6, 6.07) is 0. The summed E-state index contributed by atoms with van der Waals surface area (Å²) in [7, 11) is 5.35. The van der Waals surface area contributed by atoms with Crippen LogP contribution < -0.4 is 0 Å². The second-order valence-corrected chi connectivity index (χ2v) is 4.25. The zero-order valence-electron chi connectivity index (χ0n) is 12.6. The van der Waals surface area contributed by atoms with E-state index in [0.717, 1.165) is 19.8 Å². The van der Waals surface area contributed by atoms with Crippen LogP contribution in [0.5, 0.6) is 0 Å². The molecule has 0 saturated carbocycles. The van der Waals surface area contributed by atoms with E-state index in [-0.39, 0.29) is 13.0 Å². The van der Waals surface area contributed by atoms with Crippen molar-refractivity contribution in [1.82, 2.24) is 9.80 Å². The van der Waals surface area contributed by atoms with E-state index in [9.17, 15) is 4.79 Å². The number of carbonyl (C=O) groups is 1. The van der Waals surface area contributed by atoms with Crippen molar-refractivity contribution >= 4 is 5.97 Å². The van der Waals surface area contributed by atoms with Crippen molar-refractivity contribution in [3.8, 4) is 0 Å². The summed E-state index contributed by atoms with van der Waals surface area (Å²) in [6.07, 6.45) is 4.21. The van der Waals surface area contributed by atoms with Crippen molar-refractivity contribution in [3.63, 3.8) is 0 Å². The predicted octanol–water partition coefficient (Wildman–Crippen LogP) is 0.433. The number of carboxylic acid groups (broad SMARTS) is 1. The third-order valence-corrected chi connectivity index (χ3v) is 2.41. The molecule has 0 fully saturated rings. The monoisotopic (exact) mass is 290 g/mol. The SMILES string of the molecule is COCCN1C=CN(C)C1.COCCOCCC(=O)O. The Kier molecular flexibility index (Phi) is 11.9. The van der Waals surface area contributed by atoms with Crippen molar-refractivity contribution in [2.45, 2.75) is 6.42 Å². The van der Waals surface area contributed by atoms with Crippen LogP contribution in [0.3, 0.4) is 0 Å². The number of ether oxygens (including phenoxy) is 3. The fourth-order valence-corrected chi connectivity index (χ4v) is 1.35. The molecule has 1 N–H and O–H groups in total. The second-order valence-electron chi connectivity index (χ2n) is 4.25. The average molecular weight is 290 g/mol. The number of hydrogen-bond donors (Lipinski definition) is 1. The molecule has 118 valence electrons. The molecule has 0 aliphatic carbocycles. The third kappa shape index (κ3) is 11.8. The standard InChI is InChI=1S/C7H14N2O.C6H12O4/c1-8-3-4-9(7-8)5-6-10-2;1-9-4-5-10-3-2-6(7)8/h3-4H,5-7H2,1-2H3;2-5H2,1H3,(H,7,8). The maximum atomic E-state index is 9.92.